The smallest absolute Gasteiger partial charge is 0.0615 e. The molecule has 1 aliphatic rings. The molecule has 0 radical (unpaired) electrons. The molecule has 0 spiro atoms. The second-order valence-corrected chi connectivity index (χ2v) is 4.12. The van der Waals surface area contributed by atoms with Gasteiger partial charge in [0.25, 0.3) is 0 Å². The lowest BCUT2D eigenvalue weighted by molar-refractivity contribution is 0.00734. The summed E-state index contributed by atoms with van der Waals surface area (Å²) in [7, 11) is 0. The Morgan fingerprint density at radius 3 is 2.00 bits per heavy atom. The average Bonchev–Trinajstić information content (AvgIpc) is 2.21. The molecule has 0 atom stereocenters. The highest BCUT2D eigenvalue weighted by Gasteiger charge is 2.35. The fraction of sp³-hybridized carbons (Fsp3) is 1.00. The molecule has 1 aliphatic carbocycles. The van der Waals surface area contributed by atoms with Crippen LogP contribution in [-0.2, 0) is 0 Å². The Morgan fingerprint density at radius 1 is 1.08 bits per heavy atom. The van der Waals surface area contributed by atoms with E-state index in [0.717, 1.165) is 13.1 Å². The van der Waals surface area contributed by atoms with Crippen LogP contribution in [0.2, 0.25) is 0 Å². The van der Waals surface area contributed by atoms with Crippen molar-refractivity contribution in [2.24, 2.45) is 0 Å². The van der Waals surface area contributed by atoms with Crippen molar-refractivity contribution < 1.29 is 5.11 Å². The number of aliphatic hydroxyl groups excluding tert-OH is 1. The molecule has 0 aliphatic heterocycles. The van der Waals surface area contributed by atoms with Crippen LogP contribution in [0.5, 0.6) is 0 Å². The lowest BCUT2D eigenvalue weighted by Gasteiger charge is -2.44. The molecule has 0 aromatic carbocycles. The van der Waals surface area contributed by atoms with Crippen LogP contribution in [0, 0.1) is 0 Å². The van der Waals surface area contributed by atoms with Gasteiger partial charge in [-0.25, -0.2) is 0 Å². The predicted molar refractivity (Wildman–Crippen MR) is 55.8 cm³/mol. The van der Waals surface area contributed by atoms with Gasteiger partial charge in [0.15, 0.2) is 0 Å². The second-order valence-electron chi connectivity index (χ2n) is 4.12. The van der Waals surface area contributed by atoms with Gasteiger partial charge in [-0.15, -0.1) is 0 Å². The van der Waals surface area contributed by atoms with E-state index >= 15 is 0 Å². The highest BCUT2D eigenvalue weighted by molar-refractivity contribution is 4.91. The summed E-state index contributed by atoms with van der Waals surface area (Å²) >= 11 is 0. The van der Waals surface area contributed by atoms with Crippen molar-refractivity contribution in [3.05, 3.63) is 0 Å². The number of hydrogen-bond acceptors (Lipinski definition) is 2. The highest BCUT2D eigenvalue weighted by Crippen LogP contribution is 2.32. The third-order valence-corrected chi connectivity index (χ3v) is 3.51. The van der Waals surface area contributed by atoms with Crippen LogP contribution in [-0.4, -0.2) is 35.2 Å². The summed E-state index contributed by atoms with van der Waals surface area (Å²) in [5, 5.41) is 9.53. The molecule has 0 bridgehead atoms. The molecule has 0 saturated heterocycles. The molecule has 13 heavy (non-hydrogen) atoms. The van der Waals surface area contributed by atoms with E-state index in [0.29, 0.717) is 6.61 Å². The highest BCUT2D eigenvalue weighted by atomic mass is 16.3. The molecule has 0 amide bonds. The molecule has 0 aromatic heterocycles. The van der Waals surface area contributed by atoms with Gasteiger partial charge in [-0.1, -0.05) is 33.1 Å². The summed E-state index contributed by atoms with van der Waals surface area (Å²) in [5.74, 6) is 0. The molecular weight excluding hydrogens is 162 g/mol. The minimum atomic E-state index is 0.127. The molecule has 0 unspecified atom stereocenters. The third-order valence-electron chi connectivity index (χ3n) is 3.51. The van der Waals surface area contributed by atoms with Gasteiger partial charge in [-0.2, -0.15) is 0 Å². The number of aliphatic hydroxyl groups is 1. The zero-order valence-electron chi connectivity index (χ0n) is 9.05. The molecule has 0 heterocycles. The first kappa shape index (κ1) is 11.0. The first-order valence-corrected chi connectivity index (χ1v) is 5.65. The summed E-state index contributed by atoms with van der Waals surface area (Å²) < 4.78 is 0. The molecule has 1 saturated carbocycles. The lowest BCUT2D eigenvalue weighted by atomic mass is 9.81. The predicted octanol–water partition coefficient (Wildman–Crippen LogP) is 2.02. The van der Waals surface area contributed by atoms with Crippen molar-refractivity contribution in [1.82, 2.24) is 4.90 Å². The SMILES string of the molecule is CCN(CC)C1(CO)CCCCC1. The Morgan fingerprint density at radius 2 is 1.62 bits per heavy atom. The van der Waals surface area contributed by atoms with E-state index in [1.54, 1.807) is 0 Å². The van der Waals surface area contributed by atoms with Crippen LogP contribution in [0.4, 0.5) is 0 Å². The lowest BCUT2D eigenvalue weighted by Crippen LogP contribution is -2.52. The maximum atomic E-state index is 9.53. The van der Waals surface area contributed by atoms with E-state index in [1.807, 2.05) is 0 Å². The van der Waals surface area contributed by atoms with E-state index in [2.05, 4.69) is 18.7 Å². The summed E-state index contributed by atoms with van der Waals surface area (Å²) in [5.41, 5.74) is 0.127. The van der Waals surface area contributed by atoms with Crippen molar-refractivity contribution in [2.45, 2.75) is 51.5 Å². The van der Waals surface area contributed by atoms with Gasteiger partial charge in [-0.3, -0.25) is 4.90 Å². The van der Waals surface area contributed by atoms with E-state index in [4.69, 9.17) is 0 Å². The van der Waals surface area contributed by atoms with Crippen LogP contribution in [0.1, 0.15) is 46.0 Å². The Balaban J connectivity index is 2.64. The van der Waals surface area contributed by atoms with Crippen molar-refractivity contribution in [3.8, 4) is 0 Å². The Kier molecular flexibility index (Phi) is 4.20. The molecule has 1 rings (SSSR count). The molecule has 0 aromatic rings. The summed E-state index contributed by atoms with van der Waals surface area (Å²) in [4.78, 5) is 2.44. The van der Waals surface area contributed by atoms with Crippen molar-refractivity contribution in [1.29, 1.82) is 0 Å². The molecule has 1 fully saturated rings. The summed E-state index contributed by atoms with van der Waals surface area (Å²) in [6, 6.07) is 0. The second kappa shape index (κ2) is 4.97. The first-order chi connectivity index (χ1) is 6.29. The van der Waals surface area contributed by atoms with Gasteiger partial charge in [0, 0.05) is 5.54 Å². The largest absolute Gasteiger partial charge is 0.394 e. The molecule has 2 nitrogen and oxygen atoms in total. The van der Waals surface area contributed by atoms with Gasteiger partial charge in [0.05, 0.1) is 6.61 Å². The van der Waals surface area contributed by atoms with Crippen LogP contribution >= 0.6 is 0 Å². The molecule has 1 N–H and O–H groups in total. The van der Waals surface area contributed by atoms with Gasteiger partial charge in [-0.05, 0) is 25.9 Å². The topological polar surface area (TPSA) is 23.5 Å². The van der Waals surface area contributed by atoms with Crippen LogP contribution in [0.25, 0.3) is 0 Å². The molecular formula is C11H23NO. The van der Waals surface area contributed by atoms with Gasteiger partial charge >= 0.3 is 0 Å². The normalized spacial score (nSPS) is 22.2. The van der Waals surface area contributed by atoms with Crippen molar-refractivity contribution in [3.63, 3.8) is 0 Å². The fourth-order valence-corrected chi connectivity index (χ4v) is 2.68. The van der Waals surface area contributed by atoms with Crippen LogP contribution in [0.3, 0.4) is 0 Å². The standard InChI is InChI=1S/C11H23NO/c1-3-12(4-2)11(10-13)8-6-5-7-9-11/h13H,3-10H2,1-2H3. The maximum absolute atomic E-state index is 9.53. The number of likely N-dealkylation sites (N-methyl/N-ethyl adjacent to an activating group) is 1. The Hall–Kier alpha value is -0.0800. The number of rotatable bonds is 4. The number of nitrogens with zero attached hydrogens (tertiary/aromatic N) is 1. The maximum Gasteiger partial charge on any atom is 0.0615 e. The minimum absolute atomic E-state index is 0.127. The monoisotopic (exact) mass is 185 g/mol. The number of hydrogen-bond donors (Lipinski definition) is 1. The minimum Gasteiger partial charge on any atom is -0.394 e. The zero-order chi connectivity index (χ0) is 9.73. The summed E-state index contributed by atoms with van der Waals surface area (Å²) in [6.07, 6.45) is 6.30. The molecule has 2 heteroatoms. The van der Waals surface area contributed by atoms with Gasteiger partial charge in [0.1, 0.15) is 0 Å². The van der Waals surface area contributed by atoms with Crippen LogP contribution in [0.15, 0.2) is 0 Å². The Bertz CT molecular complexity index is 137. The van der Waals surface area contributed by atoms with Gasteiger partial charge < -0.3 is 5.11 Å². The third kappa shape index (κ3) is 2.23. The fourth-order valence-electron chi connectivity index (χ4n) is 2.68. The van der Waals surface area contributed by atoms with Gasteiger partial charge in [0.2, 0.25) is 0 Å². The van der Waals surface area contributed by atoms with Crippen molar-refractivity contribution in [2.75, 3.05) is 19.7 Å². The van der Waals surface area contributed by atoms with E-state index < -0.39 is 0 Å². The van der Waals surface area contributed by atoms with E-state index in [-0.39, 0.29) is 5.54 Å². The van der Waals surface area contributed by atoms with E-state index in [9.17, 15) is 5.11 Å². The molecule has 78 valence electrons. The Labute approximate surface area is 81.9 Å². The van der Waals surface area contributed by atoms with Crippen LogP contribution < -0.4 is 0 Å². The average molecular weight is 185 g/mol. The quantitative estimate of drug-likeness (QED) is 0.724. The zero-order valence-corrected chi connectivity index (χ0v) is 9.05. The first-order valence-electron chi connectivity index (χ1n) is 5.65. The van der Waals surface area contributed by atoms with Crippen molar-refractivity contribution >= 4 is 0 Å². The summed E-state index contributed by atoms with van der Waals surface area (Å²) in [6.45, 7) is 6.85. The van der Waals surface area contributed by atoms with E-state index in [1.165, 1.54) is 32.1 Å².